The van der Waals surface area contributed by atoms with Gasteiger partial charge in [0.2, 0.25) is 0 Å². The number of aromatic nitrogens is 1. The largest absolute Gasteiger partial charge is 0.380 e. The maximum atomic E-state index is 12.3. The first-order valence-electron chi connectivity index (χ1n) is 8.26. The summed E-state index contributed by atoms with van der Waals surface area (Å²) >= 11 is 1.52. The van der Waals surface area contributed by atoms with E-state index in [9.17, 15) is 4.79 Å². The summed E-state index contributed by atoms with van der Waals surface area (Å²) in [6, 6.07) is 17.8. The van der Waals surface area contributed by atoms with Crippen molar-refractivity contribution in [2.45, 2.75) is 13.5 Å². The van der Waals surface area contributed by atoms with Gasteiger partial charge in [-0.3, -0.25) is 4.79 Å². The lowest BCUT2D eigenvalue weighted by Gasteiger charge is -2.04. The number of rotatable bonds is 6. The smallest absolute Gasteiger partial charge is 0.272 e. The van der Waals surface area contributed by atoms with E-state index >= 15 is 0 Å². The highest BCUT2D eigenvalue weighted by molar-refractivity contribution is 7.16. The van der Waals surface area contributed by atoms with Crippen molar-refractivity contribution in [1.29, 1.82) is 0 Å². The van der Waals surface area contributed by atoms with Gasteiger partial charge in [0.1, 0.15) is 0 Å². The zero-order valence-corrected chi connectivity index (χ0v) is 14.9. The molecule has 0 aliphatic rings. The Labute approximate surface area is 150 Å². The van der Waals surface area contributed by atoms with Crippen molar-refractivity contribution in [3.63, 3.8) is 0 Å². The van der Waals surface area contributed by atoms with Crippen LogP contribution in [-0.4, -0.2) is 23.7 Å². The molecule has 0 fully saturated rings. The van der Waals surface area contributed by atoms with Gasteiger partial charge < -0.3 is 9.30 Å². The maximum absolute atomic E-state index is 12.3. The van der Waals surface area contributed by atoms with Crippen LogP contribution in [0.4, 0.5) is 0 Å². The fourth-order valence-corrected chi connectivity index (χ4v) is 3.55. The van der Waals surface area contributed by atoms with Crippen LogP contribution in [-0.2, 0) is 16.1 Å². The number of para-hydroxylation sites is 1. The number of carbonyl (C=O) groups is 1. The van der Waals surface area contributed by atoms with Gasteiger partial charge in [0.15, 0.2) is 4.80 Å². The first kappa shape index (κ1) is 17.3. The molecule has 3 aromatic rings. The van der Waals surface area contributed by atoms with E-state index in [4.69, 9.17) is 4.74 Å². The monoisotopic (exact) mass is 352 g/mol. The second kappa shape index (κ2) is 8.55. The van der Waals surface area contributed by atoms with Crippen LogP contribution >= 0.6 is 11.3 Å². The third-order valence-corrected chi connectivity index (χ3v) is 4.73. The minimum Gasteiger partial charge on any atom is -0.380 e. The predicted molar refractivity (Wildman–Crippen MR) is 102 cm³/mol. The molecule has 0 unspecified atom stereocenters. The second-order valence-electron chi connectivity index (χ2n) is 5.39. The van der Waals surface area contributed by atoms with Gasteiger partial charge >= 0.3 is 0 Å². The number of hydrogen-bond acceptors (Lipinski definition) is 3. The van der Waals surface area contributed by atoms with Crippen molar-refractivity contribution in [2.24, 2.45) is 4.99 Å². The van der Waals surface area contributed by atoms with E-state index in [1.54, 1.807) is 6.08 Å². The molecule has 0 atom stereocenters. The highest BCUT2D eigenvalue weighted by Gasteiger charge is 2.06. The third kappa shape index (κ3) is 4.53. The van der Waals surface area contributed by atoms with Crippen molar-refractivity contribution in [2.75, 3.05) is 13.2 Å². The van der Waals surface area contributed by atoms with Crippen LogP contribution in [0, 0.1) is 0 Å². The molecule has 0 N–H and O–H groups in total. The number of thiazole rings is 1. The predicted octanol–water partition coefficient (Wildman–Crippen LogP) is 3.88. The minimum absolute atomic E-state index is 0.263. The molecule has 1 aromatic heterocycles. The number of fused-ring (bicyclic) bond motifs is 1. The lowest BCUT2D eigenvalue weighted by molar-refractivity contribution is -0.113. The van der Waals surface area contributed by atoms with Crippen LogP contribution in [0.15, 0.2) is 65.7 Å². The van der Waals surface area contributed by atoms with Gasteiger partial charge in [-0.2, -0.15) is 4.99 Å². The summed E-state index contributed by atoms with van der Waals surface area (Å²) in [6.07, 6.45) is 3.29. The molecule has 3 rings (SSSR count). The van der Waals surface area contributed by atoms with E-state index < -0.39 is 0 Å². The van der Waals surface area contributed by atoms with Crippen LogP contribution in [0.25, 0.3) is 16.3 Å². The van der Waals surface area contributed by atoms with Crippen molar-refractivity contribution in [3.8, 4) is 0 Å². The van der Waals surface area contributed by atoms with E-state index in [2.05, 4.69) is 4.99 Å². The van der Waals surface area contributed by atoms with Crippen LogP contribution in [0.2, 0.25) is 0 Å². The van der Waals surface area contributed by atoms with Gasteiger partial charge in [0, 0.05) is 19.2 Å². The van der Waals surface area contributed by atoms with Crippen LogP contribution in [0.1, 0.15) is 12.5 Å². The Morgan fingerprint density at radius 1 is 1.16 bits per heavy atom. The molecule has 25 heavy (non-hydrogen) atoms. The Balaban J connectivity index is 1.90. The molecule has 5 heteroatoms. The van der Waals surface area contributed by atoms with Gasteiger partial charge in [-0.25, -0.2) is 0 Å². The van der Waals surface area contributed by atoms with Crippen molar-refractivity contribution >= 4 is 33.5 Å². The molecule has 0 spiro atoms. The molecule has 0 saturated carbocycles. The highest BCUT2D eigenvalue weighted by atomic mass is 32.1. The topological polar surface area (TPSA) is 43.6 Å². The van der Waals surface area contributed by atoms with Gasteiger partial charge in [0.25, 0.3) is 5.91 Å². The summed E-state index contributed by atoms with van der Waals surface area (Å²) in [4.78, 5) is 17.2. The van der Waals surface area contributed by atoms with Gasteiger partial charge in [0.05, 0.1) is 16.8 Å². The maximum Gasteiger partial charge on any atom is 0.272 e. The number of amides is 1. The van der Waals surface area contributed by atoms with Gasteiger partial charge in [-0.1, -0.05) is 53.8 Å². The molecule has 0 radical (unpaired) electrons. The Hall–Kier alpha value is -2.50. The normalized spacial score (nSPS) is 12.3. The minimum atomic E-state index is -0.263. The zero-order chi connectivity index (χ0) is 17.5. The first-order chi connectivity index (χ1) is 12.3. The number of nitrogens with zero attached hydrogens (tertiary/aromatic N) is 2. The Morgan fingerprint density at radius 3 is 2.72 bits per heavy atom. The number of benzene rings is 2. The fraction of sp³-hybridized carbons (Fsp3) is 0.200. The standard InChI is InChI=1S/C20H20N2O2S/c1-2-24-15-14-22-17-10-6-7-11-18(17)25-20(22)21-19(23)13-12-16-8-4-3-5-9-16/h3-13H,2,14-15H2,1H3/b13-12+,21-20?. The van der Waals surface area contributed by atoms with Crippen LogP contribution < -0.4 is 4.80 Å². The van der Waals surface area contributed by atoms with Crippen LogP contribution in [0.5, 0.6) is 0 Å². The Bertz CT molecular complexity index is 939. The fourth-order valence-electron chi connectivity index (χ4n) is 2.49. The summed E-state index contributed by atoms with van der Waals surface area (Å²) in [5.74, 6) is -0.263. The van der Waals surface area contributed by atoms with E-state index in [-0.39, 0.29) is 5.91 Å². The van der Waals surface area contributed by atoms with E-state index in [0.717, 1.165) is 15.8 Å². The summed E-state index contributed by atoms with van der Waals surface area (Å²) in [6.45, 7) is 3.91. The molecular weight excluding hydrogens is 332 g/mol. The van der Waals surface area contributed by atoms with E-state index in [0.29, 0.717) is 24.6 Å². The second-order valence-corrected chi connectivity index (χ2v) is 6.40. The van der Waals surface area contributed by atoms with Crippen molar-refractivity contribution in [1.82, 2.24) is 4.57 Å². The quantitative estimate of drug-likeness (QED) is 0.499. The molecule has 4 nitrogen and oxygen atoms in total. The number of ether oxygens (including phenoxy) is 1. The summed E-state index contributed by atoms with van der Waals surface area (Å²) in [5, 5.41) is 0. The molecule has 0 bridgehead atoms. The zero-order valence-electron chi connectivity index (χ0n) is 14.1. The SMILES string of the molecule is CCOCCn1c(=NC(=O)/C=C/c2ccccc2)sc2ccccc21. The first-order valence-corrected chi connectivity index (χ1v) is 9.07. The average Bonchev–Trinajstić information content (AvgIpc) is 2.98. The summed E-state index contributed by atoms with van der Waals surface area (Å²) in [7, 11) is 0. The third-order valence-electron chi connectivity index (χ3n) is 3.68. The number of hydrogen-bond donors (Lipinski definition) is 0. The molecule has 1 heterocycles. The van der Waals surface area contributed by atoms with Crippen LogP contribution in [0.3, 0.4) is 0 Å². The lowest BCUT2D eigenvalue weighted by atomic mass is 10.2. The lowest BCUT2D eigenvalue weighted by Crippen LogP contribution is -2.19. The van der Waals surface area contributed by atoms with E-state index in [1.807, 2.05) is 66.1 Å². The van der Waals surface area contributed by atoms with Crippen molar-refractivity contribution in [3.05, 3.63) is 71.0 Å². The average molecular weight is 352 g/mol. The van der Waals surface area contributed by atoms with E-state index in [1.165, 1.54) is 17.4 Å². The van der Waals surface area contributed by atoms with Gasteiger partial charge in [-0.15, -0.1) is 0 Å². The Kier molecular flexibility index (Phi) is 5.93. The molecule has 128 valence electrons. The van der Waals surface area contributed by atoms with Gasteiger partial charge in [-0.05, 0) is 30.7 Å². The number of carbonyl (C=O) groups excluding carboxylic acids is 1. The Morgan fingerprint density at radius 2 is 1.92 bits per heavy atom. The highest BCUT2D eigenvalue weighted by Crippen LogP contribution is 2.16. The summed E-state index contributed by atoms with van der Waals surface area (Å²) in [5.41, 5.74) is 2.05. The molecule has 0 aliphatic heterocycles. The molecule has 1 amide bonds. The van der Waals surface area contributed by atoms with Crippen molar-refractivity contribution < 1.29 is 9.53 Å². The molecule has 2 aromatic carbocycles. The molecule has 0 aliphatic carbocycles. The molecular formula is C20H20N2O2S. The molecule has 0 saturated heterocycles. The summed E-state index contributed by atoms with van der Waals surface area (Å²) < 4.78 is 8.62.